The lowest BCUT2D eigenvalue weighted by Crippen LogP contribution is -2.06. The Kier molecular flexibility index (Phi) is 2.79. The molecule has 94 valence electrons. The number of carbonyl (C=O) groups excluding carboxylic acids is 1. The van der Waals surface area contributed by atoms with Crippen molar-refractivity contribution >= 4 is 16.8 Å². The Morgan fingerprint density at radius 3 is 2.79 bits per heavy atom. The highest BCUT2D eigenvalue weighted by molar-refractivity contribution is 5.98. The third-order valence-corrected chi connectivity index (χ3v) is 3.04. The molecule has 0 radical (unpaired) electrons. The average molecular weight is 252 g/mol. The molecule has 19 heavy (non-hydrogen) atoms. The summed E-state index contributed by atoms with van der Waals surface area (Å²) < 4.78 is 1.67. The van der Waals surface area contributed by atoms with Crippen LogP contribution in [0.3, 0.4) is 0 Å². The van der Waals surface area contributed by atoms with E-state index in [4.69, 9.17) is 0 Å². The van der Waals surface area contributed by atoms with Crippen LogP contribution in [0, 0.1) is 0 Å². The molecule has 2 heterocycles. The zero-order valence-electron chi connectivity index (χ0n) is 10.4. The van der Waals surface area contributed by atoms with Crippen molar-refractivity contribution in [2.75, 3.05) is 0 Å². The Morgan fingerprint density at radius 2 is 2.00 bits per heavy atom. The van der Waals surface area contributed by atoms with Crippen molar-refractivity contribution < 1.29 is 4.79 Å². The normalized spacial score (nSPS) is 10.8. The quantitative estimate of drug-likeness (QED) is 0.667. The van der Waals surface area contributed by atoms with Crippen LogP contribution in [0.2, 0.25) is 0 Å². The summed E-state index contributed by atoms with van der Waals surface area (Å²) in [6.07, 6.45) is 3.43. The second-order valence-electron chi connectivity index (χ2n) is 4.29. The number of nitrogens with zero attached hydrogens (tertiary/aromatic N) is 4. The van der Waals surface area contributed by atoms with Gasteiger partial charge in [-0.05, 0) is 0 Å². The molecule has 0 aliphatic carbocycles. The van der Waals surface area contributed by atoms with Gasteiger partial charge in [0.2, 0.25) is 0 Å². The number of rotatable bonds is 3. The van der Waals surface area contributed by atoms with E-state index < -0.39 is 0 Å². The Bertz CT molecular complexity index is 734. The molecule has 0 saturated carbocycles. The molecule has 0 unspecified atom stereocenters. The molecule has 0 fully saturated rings. The smallest absolute Gasteiger partial charge is 0.168 e. The second kappa shape index (κ2) is 4.61. The summed E-state index contributed by atoms with van der Waals surface area (Å²) in [6.45, 7) is 0. The van der Waals surface area contributed by atoms with Crippen molar-refractivity contribution in [1.29, 1.82) is 0 Å². The van der Waals surface area contributed by atoms with Gasteiger partial charge in [-0.3, -0.25) is 9.48 Å². The molecule has 0 aliphatic heterocycles. The summed E-state index contributed by atoms with van der Waals surface area (Å²) in [6, 6.07) is 9.22. The van der Waals surface area contributed by atoms with E-state index >= 15 is 0 Å². The fraction of sp³-hybridized carbons (Fsp3) is 0.143. The summed E-state index contributed by atoms with van der Waals surface area (Å²) in [5, 5.41) is 4.97. The minimum atomic E-state index is 0.0458. The topological polar surface area (TPSA) is 60.7 Å². The van der Waals surface area contributed by atoms with E-state index in [0.29, 0.717) is 11.3 Å². The molecule has 2 aromatic heterocycles. The number of hydrogen-bond acceptors (Lipinski definition) is 4. The lowest BCUT2D eigenvalue weighted by Gasteiger charge is -2.02. The molecule has 0 atom stereocenters. The van der Waals surface area contributed by atoms with Gasteiger partial charge in [0.05, 0.1) is 23.7 Å². The van der Waals surface area contributed by atoms with Crippen molar-refractivity contribution in [3.63, 3.8) is 0 Å². The predicted molar refractivity (Wildman–Crippen MR) is 70.8 cm³/mol. The van der Waals surface area contributed by atoms with E-state index in [9.17, 15) is 4.79 Å². The van der Waals surface area contributed by atoms with Gasteiger partial charge < -0.3 is 0 Å². The first-order chi connectivity index (χ1) is 9.25. The number of Topliss-reactive ketones (excluding diaryl/α,β-unsaturated/α-hetero) is 1. The first kappa shape index (κ1) is 11.5. The van der Waals surface area contributed by atoms with E-state index in [2.05, 4.69) is 15.1 Å². The van der Waals surface area contributed by atoms with Crippen LogP contribution in [-0.4, -0.2) is 25.5 Å². The number of aryl methyl sites for hydroxylation is 1. The molecule has 0 aliphatic rings. The van der Waals surface area contributed by atoms with Crippen molar-refractivity contribution in [2.24, 2.45) is 7.05 Å². The number of carbonyl (C=O) groups is 1. The van der Waals surface area contributed by atoms with Crippen LogP contribution in [0.15, 0.2) is 42.9 Å². The van der Waals surface area contributed by atoms with Gasteiger partial charge in [-0.25, -0.2) is 9.97 Å². The van der Waals surface area contributed by atoms with Gasteiger partial charge in [0.15, 0.2) is 11.4 Å². The average Bonchev–Trinajstić information content (AvgIpc) is 2.83. The number of aromatic nitrogens is 4. The van der Waals surface area contributed by atoms with Crippen LogP contribution < -0.4 is 0 Å². The van der Waals surface area contributed by atoms with Gasteiger partial charge in [0.25, 0.3) is 0 Å². The molecule has 0 bridgehead atoms. The maximum atomic E-state index is 12.2. The molecule has 3 aromatic rings. The molecule has 1 aromatic carbocycles. The number of ketones is 1. The van der Waals surface area contributed by atoms with E-state index in [1.165, 1.54) is 6.33 Å². The van der Waals surface area contributed by atoms with E-state index in [-0.39, 0.29) is 12.2 Å². The largest absolute Gasteiger partial charge is 0.294 e. The maximum absolute atomic E-state index is 12.2. The van der Waals surface area contributed by atoms with Crippen LogP contribution in [-0.2, 0) is 13.5 Å². The minimum absolute atomic E-state index is 0.0458. The van der Waals surface area contributed by atoms with E-state index in [1.807, 2.05) is 37.4 Å². The Hall–Kier alpha value is -2.56. The lowest BCUT2D eigenvalue weighted by atomic mass is 10.1. The zero-order valence-corrected chi connectivity index (χ0v) is 10.4. The van der Waals surface area contributed by atoms with Crippen molar-refractivity contribution in [2.45, 2.75) is 6.42 Å². The second-order valence-corrected chi connectivity index (χ2v) is 4.29. The summed E-state index contributed by atoms with van der Waals surface area (Å²) >= 11 is 0. The van der Waals surface area contributed by atoms with E-state index in [1.54, 1.807) is 10.9 Å². The minimum Gasteiger partial charge on any atom is -0.294 e. The van der Waals surface area contributed by atoms with Gasteiger partial charge >= 0.3 is 0 Å². The highest BCUT2D eigenvalue weighted by Gasteiger charge is 2.12. The first-order valence-electron chi connectivity index (χ1n) is 5.95. The zero-order chi connectivity index (χ0) is 13.2. The Balaban J connectivity index is 1.96. The standard InChI is InChI=1S/C14H12N4O/c1-18-14-11(8-17-18)12(15-9-16-14)7-13(19)10-5-3-2-4-6-10/h2-6,8-9H,7H2,1H3. The number of benzene rings is 1. The third kappa shape index (κ3) is 2.10. The number of hydrogen-bond donors (Lipinski definition) is 0. The maximum Gasteiger partial charge on any atom is 0.168 e. The summed E-state index contributed by atoms with van der Waals surface area (Å²) in [4.78, 5) is 20.5. The summed E-state index contributed by atoms with van der Waals surface area (Å²) in [7, 11) is 1.82. The predicted octanol–water partition coefficient (Wildman–Crippen LogP) is 1.79. The van der Waals surface area contributed by atoms with E-state index in [0.717, 1.165) is 11.0 Å². The van der Waals surface area contributed by atoms with Gasteiger partial charge in [-0.15, -0.1) is 0 Å². The Morgan fingerprint density at radius 1 is 1.21 bits per heavy atom. The SMILES string of the molecule is Cn1ncc2c(CC(=O)c3ccccc3)ncnc21. The summed E-state index contributed by atoms with van der Waals surface area (Å²) in [5.74, 6) is 0.0458. The molecule has 5 heteroatoms. The van der Waals surface area contributed by atoms with Crippen LogP contribution in [0.25, 0.3) is 11.0 Å². The van der Waals surface area contributed by atoms with Crippen molar-refractivity contribution in [1.82, 2.24) is 19.7 Å². The third-order valence-electron chi connectivity index (χ3n) is 3.04. The molecule has 0 saturated heterocycles. The van der Waals surface area contributed by atoms with Crippen LogP contribution in [0.1, 0.15) is 16.1 Å². The molecule has 0 amide bonds. The molecular weight excluding hydrogens is 240 g/mol. The van der Waals surface area contributed by atoms with Crippen molar-refractivity contribution in [3.05, 3.63) is 54.1 Å². The summed E-state index contributed by atoms with van der Waals surface area (Å²) in [5.41, 5.74) is 2.15. The van der Waals surface area contributed by atoms with Gasteiger partial charge in [-0.2, -0.15) is 5.10 Å². The highest BCUT2D eigenvalue weighted by atomic mass is 16.1. The molecule has 5 nitrogen and oxygen atoms in total. The van der Waals surface area contributed by atoms with Gasteiger partial charge in [-0.1, -0.05) is 30.3 Å². The van der Waals surface area contributed by atoms with Gasteiger partial charge in [0, 0.05) is 12.6 Å². The van der Waals surface area contributed by atoms with Crippen LogP contribution in [0.5, 0.6) is 0 Å². The first-order valence-corrected chi connectivity index (χ1v) is 5.95. The van der Waals surface area contributed by atoms with Crippen LogP contribution in [0.4, 0.5) is 0 Å². The monoisotopic (exact) mass is 252 g/mol. The van der Waals surface area contributed by atoms with Crippen molar-refractivity contribution in [3.8, 4) is 0 Å². The lowest BCUT2D eigenvalue weighted by molar-refractivity contribution is 0.0992. The highest BCUT2D eigenvalue weighted by Crippen LogP contribution is 2.15. The Labute approximate surface area is 109 Å². The molecule has 0 N–H and O–H groups in total. The fourth-order valence-corrected chi connectivity index (χ4v) is 2.03. The van der Waals surface area contributed by atoms with Gasteiger partial charge in [0.1, 0.15) is 6.33 Å². The number of fused-ring (bicyclic) bond motifs is 1. The molecule has 0 spiro atoms. The molecular formula is C14H12N4O. The fourth-order valence-electron chi connectivity index (χ4n) is 2.03. The molecule has 3 rings (SSSR count). The van der Waals surface area contributed by atoms with Crippen LogP contribution >= 0.6 is 0 Å².